The van der Waals surface area contributed by atoms with Crippen molar-refractivity contribution in [3.05, 3.63) is 0 Å². The van der Waals surface area contributed by atoms with Crippen molar-refractivity contribution < 1.29 is 27.1 Å². The van der Waals surface area contributed by atoms with Gasteiger partial charge in [0, 0.05) is 6.42 Å². The Balaban J connectivity index is 4.08. The van der Waals surface area contributed by atoms with Crippen LogP contribution in [0.2, 0.25) is 0 Å². The van der Waals surface area contributed by atoms with Gasteiger partial charge >= 0.3 is 10.4 Å². The third kappa shape index (κ3) is 16.9. The van der Waals surface area contributed by atoms with Crippen LogP contribution in [0, 0.1) is 0 Å². The Bertz CT molecular complexity index is 449. The monoisotopic (exact) mass is 394 g/mol. The van der Waals surface area contributed by atoms with Crippen molar-refractivity contribution in [3.8, 4) is 0 Å². The number of unbranched alkanes of at least 4 members (excludes halogenated alkanes) is 9. The zero-order valence-electron chi connectivity index (χ0n) is 16.5. The molecule has 2 atom stereocenters. The number of hydrogen-bond donors (Lipinski definition) is 2. The van der Waals surface area contributed by atoms with Crippen molar-refractivity contribution in [2.24, 2.45) is 0 Å². The molecule has 156 valence electrons. The van der Waals surface area contributed by atoms with Crippen LogP contribution in [0.25, 0.3) is 0 Å². The predicted molar refractivity (Wildman–Crippen MR) is 103 cm³/mol. The number of aliphatic hydroxyl groups is 1. The molecule has 2 N–H and O–H groups in total. The molecule has 2 unspecified atom stereocenters. The summed E-state index contributed by atoms with van der Waals surface area (Å²) < 4.78 is 35.7. The summed E-state index contributed by atoms with van der Waals surface area (Å²) in [6, 6.07) is 0. The Morgan fingerprint density at radius 1 is 0.885 bits per heavy atom. The van der Waals surface area contributed by atoms with Crippen LogP contribution in [0.3, 0.4) is 0 Å². The molecule has 7 heteroatoms. The van der Waals surface area contributed by atoms with Crippen molar-refractivity contribution in [2.75, 3.05) is 0 Å². The molecule has 0 aliphatic carbocycles. The van der Waals surface area contributed by atoms with Gasteiger partial charge in [-0.15, -0.1) is 0 Å². The normalized spacial score (nSPS) is 14.3. The molecular formula is C19H38O6S. The topological polar surface area (TPSA) is 101 Å². The number of carbonyl (C=O) groups excluding carboxylic acids is 1. The fourth-order valence-electron chi connectivity index (χ4n) is 3.03. The van der Waals surface area contributed by atoms with Gasteiger partial charge in [0.15, 0.2) is 0 Å². The molecule has 0 spiro atoms. The van der Waals surface area contributed by atoms with Gasteiger partial charge in [0.2, 0.25) is 0 Å². The van der Waals surface area contributed by atoms with E-state index in [0.29, 0.717) is 25.7 Å². The van der Waals surface area contributed by atoms with Crippen molar-refractivity contribution in [1.29, 1.82) is 0 Å². The highest BCUT2D eigenvalue weighted by Gasteiger charge is 2.24. The van der Waals surface area contributed by atoms with Gasteiger partial charge in [-0.2, -0.15) is 8.42 Å². The molecule has 0 aliphatic rings. The number of aliphatic hydroxyl groups excluding tert-OH is 1. The highest BCUT2D eigenvalue weighted by molar-refractivity contribution is 7.80. The second-order valence-corrected chi connectivity index (χ2v) is 8.24. The maximum absolute atomic E-state index is 11.0. The second kappa shape index (κ2) is 15.5. The molecule has 0 aromatic carbocycles. The molecule has 26 heavy (non-hydrogen) atoms. The van der Waals surface area contributed by atoms with Crippen molar-refractivity contribution in [3.63, 3.8) is 0 Å². The molecule has 0 aromatic rings. The van der Waals surface area contributed by atoms with E-state index in [1.54, 1.807) is 6.92 Å². The average Bonchev–Trinajstić information content (AvgIpc) is 2.54. The van der Waals surface area contributed by atoms with Crippen LogP contribution in [0.4, 0.5) is 0 Å². The zero-order valence-corrected chi connectivity index (χ0v) is 17.3. The van der Waals surface area contributed by atoms with E-state index in [4.69, 9.17) is 4.55 Å². The second-order valence-electron chi connectivity index (χ2n) is 7.19. The lowest BCUT2D eigenvalue weighted by Gasteiger charge is -2.21. The van der Waals surface area contributed by atoms with Crippen molar-refractivity contribution >= 4 is 16.2 Å². The lowest BCUT2D eigenvalue weighted by Crippen LogP contribution is -2.31. The van der Waals surface area contributed by atoms with E-state index in [-0.39, 0.29) is 5.78 Å². The lowest BCUT2D eigenvalue weighted by molar-refractivity contribution is -0.117. The van der Waals surface area contributed by atoms with Crippen molar-refractivity contribution in [2.45, 2.75) is 116 Å². The van der Waals surface area contributed by atoms with E-state index in [1.807, 2.05) is 0 Å². The molecule has 0 heterocycles. The van der Waals surface area contributed by atoms with Crippen LogP contribution in [-0.4, -0.2) is 36.1 Å². The minimum atomic E-state index is -4.57. The molecule has 0 saturated heterocycles. The maximum Gasteiger partial charge on any atom is 0.397 e. The summed E-state index contributed by atoms with van der Waals surface area (Å²) in [4.78, 5) is 10.9. The molecule has 0 saturated carbocycles. The molecule has 0 fully saturated rings. The summed E-state index contributed by atoms with van der Waals surface area (Å²) in [6.45, 7) is 3.74. The van der Waals surface area contributed by atoms with E-state index in [9.17, 15) is 18.3 Å². The van der Waals surface area contributed by atoms with Crippen LogP contribution in [0.5, 0.6) is 0 Å². The van der Waals surface area contributed by atoms with Crippen LogP contribution in [-0.2, 0) is 19.4 Å². The number of hydrogen-bond acceptors (Lipinski definition) is 5. The summed E-state index contributed by atoms with van der Waals surface area (Å²) >= 11 is 0. The van der Waals surface area contributed by atoms with Gasteiger partial charge in [-0.05, 0) is 26.2 Å². The van der Waals surface area contributed by atoms with Gasteiger partial charge in [0.05, 0.1) is 6.10 Å². The molecule has 0 aliphatic heterocycles. The van der Waals surface area contributed by atoms with Crippen LogP contribution in [0.1, 0.15) is 104 Å². The van der Waals surface area contributed by atoms with E-state index >= 15 is 0 Å². The predicted octanol–water partition coefficient (Wildman–Crippen LogP) is 4.61. The van der Waals surface area contributed by atoms with Gasteiger partial charge in [0.1, 0.15) is 11.9 Å². The number of Topliss-reactive ketones (excluding diaryl/α,β-unsaturated/α-hetero) is 1. The van der Waals surface area contributed by atoms with E-state index in [0.717, 1.165) is 44.9 Å². The minimum absolute atomic E-state index is 0.199. The number of rotatable bonds is 18. The summed E-state index contributed by atoms with van der Waals surface area (Å²) in [6.07, 6.45) is 10.6. The average molecular weight is 395 g/mol. The Labute approximate surface area is 159 Å². The highest BCUT2D eigenvalue weighted by atomic mass is 32.3. The third-order valence-electron chi connectivity index (χ3n) is 4.55. The van der Waals surface area contributed by atoms with Gasteiger partial charge in [-0.25, -0.2) is 4.18 Å². The molecule has 0 amide bonds. The fourth-order valence-corrected chi connectivity index (χ4v) is 3.57. The van der Waals surface area contributed by atoms with Crippen LogP contribution < -0.4 is 0 Å². The zero-order chi connectivity index (χ0) is 19.8. The van der Waals surface area contributed by atoms with E-state index in [1.165, 1.54) is 19.3 Å². The lowest BCUT2D eigenvalue weighted by atomic mass is 9.99. The first-order valence-electron chi connectivity index (χ1n) is 10.1. The first-order chi connectivity index (χ1) is 12.3. The Morgan fingerprint density at radius 3 is 1.92 bits per heavy atom. The van der Waals surface area contributed by atoms with Crippen LogP contribution in [0.15, 0.2) is 0 Å². The molecule has 0 aromatic heterocycles. The quantitative estimate of drug-likeness (QED) is 0.260. The fraction of sp³-hybridized carbons (Fsp3) is 0.947. The first kappa shape index (κ1) is 25.5. The number of carbonyl (C=O) groups is 1. The smallest absolute Gasteiger partial charge is 0.390 e. The van der Waals surface area contributed by atoms with Crippen LogP contribution >= 0.6 is 0 Å². The molecule has 0 bridgehead atoms. The Hall–Kier alpha value is -0.500. The molecule has 0 radical (unpaired) electrons. The molecule has 6 nitrogen and oxygen atoms in total. The third-order valence-corrected chi connectivity index (χ3v) is 5.04. The highest BCUT2D eigenvalue weighted by Crippen LogP contribution is 2.19. The minimum Gasteiger partial charge on any atom is -0.390 e. The summed E-state index contributed by atoms with van der Waals surface area (Å²) in [5, 5.41) is 10.2. The molecular weight excluding hydrogens is 356 g/mol. The summed E-state index contributed by atoms with van der Waals surface area (Å²) in [5.41, 5.74) is 0. The van der Waals surface area contributed by atoms with Crippen molar-refractivity contribution in [1.82, 2.24) is 0 Å². The van der Waals surface area contributed by atoms with Gasteiger partial charge in [0.25, 0.3) is 0 Å². The maximum atomic E-state index is 11.0. The summed E-state index contributed by atoms with van der Waals surface area (Å²) in [7, 11) is -4.57. The van der Waals surface area contributed by atoms with E-state index < -0.39 is 22.6 Å². The van der Waals surface area contributed by atoms with Gasteiger partial charge in [-0.3, -0.25) is 4.55 Å². The largest absolute Gasteiger partial charge is 0.397 e. The molecule has 0 rings (SSSR count). The van der Waals surface area contributed by atoms with Gasteiger partial charge < -0.3 is 9.90 Å². The standard InChI is InChI=1S/C19H38O6S/c1-3-4-5-6-9-12-15-18(21)19(25-26(22,23)24)16-13-10-7-8-11-14-17(2)20/h18-19,21H,3-16H2,1-2H3,(H,22,23,24). The Morgan fingerprint density at radius 2 is 1.38 bits per heavy atom. The summed E-state index contributed by atoms with van der Waals surface area (Å²) in [5.74, 6) is 0.199. The number of ketones is 1. The first-order valence-corrected chi connectivity index (χ1v) is 11.5. The Kier molecular flexibility index (Phi) is 15.2. The SMILES string of the molecule is CCCCCCCCC(O)C(CCCCCCCC(C)=O)OS(=O)(=O)O. The van der Waals surface area contributed by atoms with Gasteiger partial charge in [-0.1, -0.05) is 71.1 Å². The van der Waals surface area contributed by atoms with E-state index in [2.05, 4.69) is 11.1 Å².